The van der Waals surface area contributed by atoms with Gasteiger partial charge in [-0.15, -0.1) is 0 Å². The van der Waals surface area contributed by atoms with E-state index in [4.69, 9.17) is 40.2 Å². The summed E-state index contributed by atoms with van der Waals surface area (Å²) < 4.78 is 5.13. The number of ether oxygens (including phenoxy) is 1. The molecule has 0 aliphatic rings. The molecule has 27 heavy (non-hydrogen) atoms. The third-order valence-corrected chi connectivity index (χ3v) is 4.07. The lowest BCUT2D eigenvalue weighted by Crippen LogP contribution is -2.34. The van der Waals surface area contributed by atoms with Crippen molar-refractivity contribution in [2.75, 3.05) is 11.9 Å². The molecule has 8 heteroatoms. The largest absolute Gasteiger partial charge is 0.465 e. The minimum absolute atomic E-state index is 0.0216. The van der Waals surface area contributed by atoms with Gasteiger partial charge in [0.25, 0.3) is 0 Å². The molecule has 0 aromatic heterocycles. The van der Waals surface area contributed by atoms with Crippen molar-refractivity contribution in [3.63, 3.8) is 0 Å². The molecule has 0 aliphatic carbocycles. The maximum Gasteiger partial charge on any atom is 0.306 e. The lowest BCUT2D eigenvalue weighted by atomic mass is 10.2. The van der Waals surface area contributed by atoms with E-state index in [0.717, 1.165) is 5.56 Å². The van der Waals surface area contributed by atoms with Crippen molar-refractivity contribution in [3.05, 3.63) is 64.1 Å². The van der Waals surface area contributed by atoms with Gasteiger partial charge in [0.05, 0.1) is 13.0 Å². The van der Waals surface area contributed by atoms with Crippen LogP contribution in [0.3, 0.4) is 0 Å². The number of carbonyl (C=O) groups excluding carboxylic acids is 2. The van der Waals surface area contributed by atoms with E-state index in [1.165, 1.54) is 0 Å². The van der Waals surface area contributed by atoms with Crippen molar-refractivity contribution < 1.29 is 14.3 Å². The van der Waals surface area contributed by atoms with Crippen LogP contribution in [-0.2, 0) is 20.7 Å². The maximum atomic E-state index is 11.9. The van der Waals surface area contributed by atoms with Crippen LogP contribution in [0.15, 0.2) is 48.5 Å². The highest BCUT2D eigenvalue weighted by Crippen LogP contribution is 2.22. The highest BCUT2D eigenvalue weighted by molar-refractivity contribution is 7.80. The Hall–Kier alpha value is -2.15. The average molecular weight is 425 g/mol. The fraction of sp³-hybridized carbons (Fsp3) is 0.211. The molecule has 5 nitrogen and oxygen atoms in total. The van der Waals surface area contributed by atoms with Crippen molar-refractivity contribution >= 4 is 58.1 Å². The van der Waals surface area contributed by atoms with Gasteiger partial charge >= 0.3 is 5.97 Å². The van der Waals surface area contributed by atoms with Crippen LogP contribution < -0.4 is 10.6 Å². The molecule has 0 saturated carbocycles. The summed E-state index contributed by atoms with van der Waals surface area (Å²) in [5.41, 5.74) is 1.64. The molecule has 1 amide bonds. The zero-order chi connectivity index (χ0) is 19.6. The van der Waals surface area contributed by atoms with Gasteiger partial charge in [0.15, 0.2) is 5.11 Å². The molecule has 2 rings (SSSR count). The number of amides is 1. The lowest BCUT2D eigenvalue weighted by molar-refractivity contribution is -0.144. The number of thiocarbonyl (C=S) groups is 1. The van der Waals surface area contributed by atoms with Crippen LogP contribution >= 0.6 is 35.4 Å². The number of nitrogens with one attached hydrogen (secondary N) is 2. The van der Waals surface area contributed by atoms with E-state index in [9.17, 15) is 9.59 Å². The van der Waals surface area contributed by atoms with Crippen molar-refractivity contribution in [3.8, 4) is 0 Å². The number of rotatable bonds is 7. The highest BCUT2D eigenvalue weighted by atomic mass is 35.5. The number of halogens is 2. The second kappa shape index (κ2) is 10.9. The molecule has 0 bridgehead atoms. The second-order valence-electron chi connectivity index (χ2n) is 5.62. The van der Waals surface area contributed by atoms with Crippen molar-refractivity contribution in [2.45, 2.75) is 19.3 Å². The van der Waals surface area contributed by atoms with E-state index in [1.54, 1.807) is 18.2 Å². The minimum atomic E-state index is -0.429. The van der Waals surface area contributed by atoms with Crippen LogP contribution in [0.1, 0.15) is 18.4 Å². The molecule has 2 aromatic rings. The first kappa shape index (κ1) is 21.2. The van der Waals surface area contributed by atoms with Crippen molar-refractivity contribution in [1.82, 2.24) is 5.32 Å². The number of anilines is 1. The van der Waals surface area contributed by atoms with Crippen LogP contribution in [0.2, 0.25) is 10.0 Å². The molecule has 0 saturated heterocycles. The van der Waals surface area contributed by atoms with Crippen molar-refractivity contribution in [1.29, 1.82) is 0 Å². The molecule has 0 spiro atoms. The number of esters is 1. The van der Waals surface area contributed by atoms with Gasteiger partial charge in [0, 0.05) is 28.6 Å². The first-order chi connectivity index (χ1) is 12.9. The summed E-state index contributed by atoms with van der Waals surface area (Å²) in [5, 5.41) is 6.28. The molecule has 2 N–H and O–H groups in total. The third-order valence-electron chi connectivity index (χ3n) is 3.43. The summed E-state index contributed by atoms with van der Waals surface area (Å²) in [7, 11) is 0. The molecule has 142 valence electrons. The summed E-state index contributed by atoms with van der Waals surface area (Å²) in [6.07, 6.45) is 0.587. The SMILES string of the molecule is O=C(CCC(=O)OCCc1ccccc1)NC(=S)Nc1cc(Cl)cc(Cl)c1. The van der Waals surface area contributed by atoms with Gasteiger partial charge in [-0.05, 0) is 36.0 Å². The normalized spacial score (nSPS) is 10.1. The first-order valence-electron chi connectivity index (χ1n) is 8.19. The number of carbonyl (C=O) groups is 2. The van der Waals surface area contributed by atoms with E-state index >= 15 is 0 Å². The van der Waals surface area contributed by atoms with Crippen LogP contribution in [-0.4, -0.2) is 23.6 Å². The Labute approximate surface area is 173 Å². The molecule has 0 heterocycles. The fourth-order valence-corrected chi connectivity index (χ4v) is 2.95. The Bertz CT molecular complexity index is 796. The number of hydrogen-bond donors (Lipinski definition) is 2. The Balaban J connectivity index is 1.65. The van der Waals surface area contributed by atoms with E-state index in [1.807, 2.05) is 30.3 Å². The van der Waals surface area contributed by atoms with E-state index in [0.29, 0.717) is 22.2 Å². The Morgan fingerprint density at radius 3 is 2.33 bits per heavy atom. The molecular formula is C19H18Cl2N2O3S. The molecule has 0 aliphatic heterocycles. The monoisotopic (exact) mass is 424 g/mol. The first-order valence-corrected chi connectivity index (χ1v) is 9.35. The van der Waals surface area contributed by atoms with Crippen molar-refractivity contribution in [2.24, 2.45) is 0 Å². The molecule has 0 fully saturated rings. The predicted octanol–water partition coefficient (Wildman–Crippen LogP) is 4.37. The van der Waals surface area contributed by atoms with Gasteiger partial charge in [0.2, 0.25) is 5.91 Å². The molecule has 0 unspecified atom stereocenters. The summed E-state index contributed by atoms with van der Waals surface area (Å²) in [4.78, 5) is 23.6. The van der Waals surface area contributed by atoms with Crippen LogP contribution in [0.25, 0.3) is 0 Å². The molecule has 0 radical (unpaired) electrons. The summed E-state index contributed by atoms with van der Waals surface area (Å²) in [6, 6.07) is 14.5. The highest BCUT2D eigenvalue weighted by Gasteiger charge is 2.10. The standard InChI is InChI=1S/C19H18Cl2N2O3S/c20-14-10-15(21)12-16(11-14)22-19(27)23-17(24)6-7-18(25)26-9-8-13-4-2-1-3-5-13/h1-5,10-12H,6-9H2,(H2,22,23,24,27). The summed E-state index contributed by atoms with van der Waals surface area (Å²) in [6.45, 7) is 0.278. The Morgan fingerprint density at radius 2 is 1.67 bits per heavy atom. The maximum absolute atomic E-state index is 11.9. The zero-order valence-corrected chi connectivity index (χ0v) is 16.7. The van der Waals surface area contributed by atoms with Gasteiger partial charge in [-0.3, -0.25) is 9.59 Å². The second-order valence-corrected chi connectivity index (χ2v) is 6.90. The van der Waals surface area contributed by atoms with Gasteiger partial charge < -0.3 is 15.4 Å². The van der Waals surface area contributed by atoms with E-state index < -0.39 is 5.97 Å². The quantitative estimate of drug-likeness (QED) is 0.509. The van der Waals surface area contributed by atoms with Gasteiger partial charge in [-0.2, -0.15) is 0 Å². The van der Waals surface area contributed by atoms with Crippen LogP contribution in [0, 0.1) is 0 Å². The zero-order valence-electron chi connectivity index (χ0n) is 14.3. The van der Waals surface area contributed by atoms with E-state index in [2.05, 4.69) is 10.6 Å². The molecule has 2 aromatic carbocycles. The fourth-order valence-electron chi connectivity index (χ4n) is 2.19. The lowest BCUT2D eigenvalue weighted by Gasteiger charge is -2.10. The topological polar surface area (TPSA) is 67.4 Å². The number of hydrogen-bond acceptors (Lipinski definition) is 4. The third kappa shape index (κ3) is 8.39. The van der Waals surface area contributed by atoms with Gasteiger partial charge in [0.1, 0.15) is 0 Å². The summed E-state index contributed by atoms with van der Waals surface area (Å²) >= 11 is 16.9. The van der Waals surface area contributed by atoms with Crippen LogP contribution in [0.5, 0.6) is 0 Å². The number of benzene rings is 2. The predicted molar refractivity (Wildman–Crippen MR) is 111 cm³/mol. The van der Waals surface area contributed by atoms with Crippen LogP contribution in [0.4, 0.5) is 5.69 Å². The van der Waals surface area contributed by atoms with Gasteiger partial charge in [-0.1, -0.05) is 53.5 Å². The van der Waals surface area contributed by atoms with E-state index in [-0.39, 0.29) is 30.5 Å². The minimum Gasteiger partial charge on any atom is -0.465 e. The Kier molecular flexibility index (Phi) is 8.51. The Morgan fingerprint density at radius 1 is 1.00 bits per heavy atom. The molecule has 0 atom stereocenters. The smallest absolute Gasteiger partial charge is 0.306 e. The average Bonchev–Trinajstić information content (AvgIpc) is 2.60. The summed E-state index contributed by atoms with van der Waals surface area (Å²) in [5.74, 6) is -0.817. The molecular weight excluding hydrogens is 407 g/mol. The van der Waals surface area contributed by atoms with Gasteiger partial charge in [-0.25, -0.2) is 0 Å².